The lowest BCUT2D eigenvalue weighted by molar-refractivity contribution is 0.0698. The molecular formula is C24H23N3O4. The number of carbonyl (C=O) groups excluding carboxylic acids is 2. The number of rotatable bonds is 4. The molecule has 1 aromatic carbocycles. The number of fused-ring (bicyclic) bond motifs is 1. The number of nitrogens with zero attached hydrogens (tertiary/aromatic N) is 2. The highest BCUT2D eigenvalue weighted by molar-refractivity contribution is 6.06. The number of ether oxygens (including phenoxy) is 1. The first-order valence-corrected chi connectivity index (χ1v) is 10.1. The van der Waals surface area contributed by atoms with Crippen LogP contribution >= 0.6 is 0 Å². The summed E-state index contributed by atoms with van der Waals surface area (Å²) in [4.78, 5) is 29.0. The zero-order valence-corrected chi connectivity index (χ0v) is 17.7. The maximum Gasteiger partial charge on any atom is 0.379 e. The molecule has 1 aliphatic rings. The Kier molecular flexibility index (Phi) is 5.66. The Labute approximate surface area is 180 Å². The Morgan fingerprint density at radius 1 is 1.13 bits per heavy atom. The van der Waals surface area contributed by atoms with Crippen molar-refractivity contribution in [2.45, 2.75) is 40.0 Å². The highest BCUT2D eigenvalue weighted by Gasteiger charge is 2.29. The lowest BCUT2D eigenvalue weighted by atomic mass is 9.93. The highest BCUT2D eigenvalue weighted by atomic mass is 16.5. The van der Waals surface area contributed by atoms with Gasteiger partial charge in [0.15, 0.2) is 0 Å². The van der Waals surface area contributed by atoms with Gasteiger partial charge in [0.25, 0.3) is 5.91 Å². The van der Waals surface area contributed by atoms with Gasteiger partial charge in [0.05, 0.1) is 11.3 Å². The van der Waals surface area contributed by atoms with Crippen molar-refractivity contribution in [2.24, 2.45) is 5.10 Å². The van der Waals surface area contributed by atoms with E-state index in [0.29, 0.717) is 41.2 Å². The second kappa shape index (κ2) is 8.55. The first kappa shape index (κ1) is 20.5. The van der Waals surface area contributed by atoms with Crippen molar-refractivity contribution >= 4 is 17.6 Å². The third kappa shape index (κ3) is 4.40. The van der Waals surface area contributed by atoms with E-state index < -0.39 is 5.97 Å². The van der Waals surface area contributed by atoms with Crippen LogP contribution in [0.4, 0.5) is 0 Å². The number of aryl methyl sites for hydroxylation is 3. The van der Waals surface area contributed by atoms with Crippen LogP contribution in [0.3, 0.4) is 0 Å². The minimum Gasteiger partial charge on any atom is -0.453 e. The topological polar surface area (TPSA) is 93.8 Å². The van der Waals surface area contributed by atoms with Crippen molar-refractivity contribution in [2.75, 3.05) is 0 Å². The van der Waals surface area contributed by atoms with E-state index in [4.69, 9.17) is 9.15 Å². The quantitative estimate of drug-likeness (QED) is 0.388. The fraction of sp³-hybridized carbons (Fsp3) is 0.250. The monoisotopic (exact) mass is 417 g/mol. The Morgan fingerprint density at radius 3 is 2.61 bits per heavy atom. The molecule has 31 heavy (non-hydrogen) atoms. The van der Waals surface area contributed by atoms with Crippen LogP contribution in [0, 0.1) is 20.8 Å². The average Bonchev–Trinajstić information content (AvgIpc) is 3.09. The van der Waals surface area contributed by atoms with Gasteiger partial charge in [-0.15, -0.1) is 0 Å². The maximum absolute atomic E-state index is 12.8. The molecule has 0 unspecified atom stereocenters. The van der Waals surface area contributed by atoms with Crippen LogP contribution in [-0.2, 0) is 6.42 Å². The van der Waals surface area contributed by atoms with E-state index in [-0.39, 0.29) is 11.7 Å². The predicted molar refractivity (Wildman–Crippen MR) is 115 cm³/mol. The summed E-state index contributed by atoms with van der Waals surface area (Å²) in [6, 6.07) is 8.98. The number of hydrogen-bond acceptors (Lipinski definition) is 6. The van der Waals surface area contributed by atoms with Crippen molar-refractivity contribution in [1.29, 1.82) is 0 Å². The minimum absolute atomic E-state index is 0.164. The third-order valence-electron chi connectivity index (χ3n) is 5.13. The molecule has 2 aromatic heterocycles. The molecule has 7 nitrogen and oxygen atoms in total. The Morgan fingerprint density at radius 2 is 1.90 bits per heavy atom. The van der Waals surface area contributed by atoms with Crippen molar-refractivity contribution in [3.8, 4) is 5.75 Å². The van der Waals surface area contributed by atoms with Gasteiger partial charge in [-0.1, -0.05) is 6.07 Å². The van der Waals surface area contributed by atoms with Gasteiger partial charge in [0, 0.05) is 29.9 Å². The Hall–Kier alpha value is -3.74. The number of carbonyl (C=O) groups is 2. The third-order valence-corrected chi connectivity index (χ3v) is 5.13. The summed E-state index contributed by atoms with van der Waals surface area (Å²) >= 11 is 0. The lowest BCUT2D eigenvalue weighted by Crippen LogP contribution is -2.22. The molecule has 2 heterocycles. The van der Waals surface area contributed by atoms with Gasteiger partial charge >= 0.3 is 5.97 Å². The molecule has 7 heteroatoms. The van der Waals surface area contributed by atoms with Crippen LogP contribution in [0.15, 0.2) is 52.2 Å². The summed E-state index contributed by atoms with van der Waals surface area (Å²) in [5.74, 6) is 0.440. The molecule has 4 rings (SSSR count). The van der Waals surface area contributed by atoms with Gasteiger partial charge in [0.1, 0.15) is 11.5 Å². The molecule has 0 fully saturated rings. The van der Waals surface area contributed by atoms with Crippen LogP contribution in [0.25, 0.3) is 0 Å². The molecule has 1 N–H and O–H groups in total. The number of nitrogens with one attached hydrogen (secondary N) is 1. The number of amides is 1. The summed E-state index contributed by atoms with van der Waals surface area (Å²) in [6.07, 6.45) is 5.26. The Bertz CT molecular complexity index is 1160. The van der Waals surface area contributed by atoms with Crippen LogP contribution < -0.4 is 10.2 Å². The fourth-order valence-corrected chi connectivity index (χ4v) is 3.80. The van der Waals surface area contributed by atoms with Gasteiger partial charge in [-0.2, -0.15) is 5.10 Å². The molecule has 0 atom stereocenters. The number of aromatic nitrogens is 1. The van der Waals surface area contributed by atoms with Crippen molar-refractivity contribution in [3.63, 3.8) is 0 Å². The zero-order chi connectivity index (χ0) is 22.0. The number of hydrogen-bond donors (Lipinski definition) is 1. The van der Waals surface area contributed by atoms with E-state index >= 15 is 0 Å². The predicted octanol–water partition coefficient (Wildman–Crippen LogP) is 4.29. The fourth-order valence-electron chi connectivity index (χ4n) is 3.80. The van der Waals surface area contributed by atoms with Gasteiger partial charge in [-0.25, -0.2) is 10.2 Å². The lowest BCUT2D eigenvalue weighted by Gasteiger charge is -2.13. The minimum atomic E-state index is -0.546. The molecule has 0 saturated carbocycles. The van der Waals surface area contributed by atoms with Crippen LogP contribution in [0.5, 0.6) is 5.75 Å². The summed E-state index contributed by atoms with van der Waals surface area (Å²) < 4.78 is 11.4. The standard InChI is InChI=1S/C24H23N3O4/c1-14-10-15(2)12-18(11-14)30-24(29)22-16(3)21-19(7-4-8-20(21)31-22)26-27-23(28)17-6-5-9-25-13-17/h5-6,9-13H,4,7-8H2,1-3H3,(H,27,28)/b26-19+. The van der Waals surface area contributed by atoms with E-state index in [1.165, 1.54) is 6.20 Å². The van der Waals surface area contributed by atoms with E-state index in [1.54, 1.807) is 18.3 Å². The molecule has 158 valence electrons. The SMILES string of the molecule is Cc1cc(C)cc(OC(=O)c2oc3c(c2C)/C(=N/NC(=O)c2cccnc2)CCC3)c1. The maximum atomic E-state index is 12.8. The molecule has 1 amide bonds. The summed E-state index contributed by atoms with van der Waals surface area (Å²) in [5, 5.41) is 4.32. The number of pyridine rings is 1. The van der Waals surface area contributed by atoms with Gasteiger partial charge < -0.3 is 9.15 Å². The largest absolute Gasteiger partial charge is 0.453 e. The first-order chi connectivity index (χ1) is 14.9. The first-order valence-electron chi connectivity index (χ1n) is 10.1. The van der Waals surface area contributed by atoms with Gasteiger partial charge in [-0.05, 0) is 69.0 Å². The Balaban J connectivity index is 1.58. The number of hydrazone groups is 1. The second-order valence-electron chi connectivity index (χ2n) is 7.66. The van der Waals surface area contributed by atoms with E-state index in [2.05, 4.69) is 15.5 Å². The summed E-state index contributed by atoms with van der Waals surface area (Å²) in [6.45, 7) is 5.71. The smallest absolute Gasteiger partial charge is 0.379 e. The van der Waals surface area contributed by atoms with E-state index in [1.807, 2.05) is 39.0 Å². The van der Waals surface area contributed by atoms with Crippen molar-refractivity contribution in [3.05, 3.63) is 82.1 Å². The van der Waals surface area contributed by atoms with Gasteiger partial charge in [-0.3, -0.25) is 9.78 Å². The van der Waals surface area contributed by atoms with Crippen LogP contribution in [0.1, 0.15) is 61.8 Å². The number of esters is 1. The van der Waals surface area contributed by atoms with Crippen molar-refractivity contribution in [1.82, 2.24) is 10.4 Å². The second-order valence-corrected chi connectivity index (χ2v) is 7.66. The van der Waals surface area contributed by atoms with E-state index in [9.17, 15) is 9.59 Å². The van der Waals surface area contributed by atoms with Crippen LogP contribution in [-0.4, -0.2) is 22.6 Å². The molecule has 0 saturated heterocycles. The normalized spacial score (nSPS) is 14.2. The molecule has 1 aliphatic carbocycles. The molecule has 0 bridgehead atoms. The summed E-state index contributed by atoms with van der Waals surface area (Å²) in [7, 11) is 0. The molecule has 3 aromatic rings. The zero-order valence-electron chi connectivity index (χ0n) is 17.7. The average molecular weight is 417 g/mol. The van der Waals surface area contributed by atoms with E-state index in [0.717, 1.165) is 23.1 Å². The van der Waals surface area contributed by atoms with Gasteiger partial charge in [0.2, 0.25) is 5.76 Å². The molecule has 0 spiro atoms. The molecular weight excluding hydrogens is 394 g/mol. The molecule has 0 aliphatic heterocycles. The number of benzene rings is 1. The number of furan rings is 1. The van der Waals surface area contributed by atoms with Crippen LogP contribution in [0.2, 0.25) is 0 Å². The van der Waals surface area contributed by atoms with Crippen molar-refractivity contribution < 1.29 is 18.7 Å². The highest BCUT2D eigenvalue weighted by Crippen LogP contribution is 2.30. The summed E-state index contributed by atoms with van der Waals surface area (Å²) in [5.41, 5.74) is 7.14. The molecule has 0 radical (unpaired) electrons.